The first-order chi connectivity index (χ1) is 8.29. The Kier molecular flexibility index (Phi) is 4.29. The molecule has 0 aliphatic carbocycles. The molecule has 2 aromatic rings. The number of rotatable bonds is 5. The molecule has 0 saturated heterocycles. The Labute approximate surface area is 107 Å². The van der Waals surface area contributed by atoms with Crippen LogP contribution in [0.3, 0.4) is 0 Å². The van der Waals surface area contributed by atoms with Gasteiger partial charge in [0.1, 0.15) is 5.01 Å². The van der Waals surface area contributed by atoms with Crippen LogP contribution in [0.4, 0.5) is 0 Å². The summed E-state index contributed by atoms with van der Waals surface area (Å²) in [7, 11) is 0. The molecule has 17 heavy (non-hydrogen) atoms. The normalized spacial score (nSPS) is 12.6. The van der Waals surface area contributed by atoms with Crippen LogP contribution in [0.1, 0.15) is 35.3 Å². The Hall–Kier alpha value is -1.19. The highest BCUT2D eigenvalue weighted by Gasteiger charge is 2.09. The van der Waals surface area contributed by atoms with Crippen molar-refractivity contribution in [3.8, 4) is 0 Å². The van der Waals surface area contributed by atoms with Gasteiger partial charge in [-0.3, -0.25) is 0 Å². The fourth-order valence-electron chi connectivity index (χ4n) is 1.64. The minimum atomic E-state index is 0.320. The van der Waals surface area contributed by atoms with E-state index in [9.17, 15) is 0 Å². The Morgan fingerprint density at radius 3 is 2.71 bits per heavy atom. The van der Waals surface area contributed by atoms with E-state index in [1.807, 2.05) is 12.3 Å². The van der Waals surface area contributed by atoms with Crippen molar-refractivity contribution >= 4 is 11.3 Å². The molecule has 0 saturated carbocycles. The fraction of sp³-hybridized carbons (Fsp3) is 0.357. The quantitative estimate of drug-likeness (QED) is 0.872. The van der Waals surface area contributed by atoms with Crippen molar-refractivity contribution in [3.63, 3.8) is 0 Å². The van der Waals surface area contributed by atoms with Crippen LogP contribution >= 0.6 is 11.3 Å². The van der Waals surface area contributed by atoms with Crippen molar-refractivity contribution in [1.82, 2.24) is 10.3 Å². The van der Waals surface area contributed by atoms with E-state index in [1.54, 1.807) is 11.3 Å². The zero-order chi connectivity index (χ0) is 12.1. The SMILES string of the molecule is CCc1cnc(C(C)NCc2ccccc2)s1. The molecular weight excluding hydrogens is 228 g/mol. The van der Waals surface area contributed by atoms with Gasteiger partial charge in [-0.2, -0.15) is 0 Å². The summed E-state index contributed by atoms with van der Waals surface area (Å²) in [6.07, 6.45) is 3.06. The number of nitrogens with zero attached hydrogens (tertiary/aromatic N) is 1. The number of hydrogen-bond donors (Lipinski definition) is 1. The molecule has 1 aromatic heterocycles. The highest BCUT2D eigenvalue weighted by atomic mass is 32.1. The third kappa shape index (κ3) is 3.38. The van der Waals surface area contributed by atoms with Gasteiger partial charge in [-0.25, -0.2) is 4.98 Å². The lowest BCUT2D eigenvalue weighted by Gasteiger charge is -2.10. The summed E-state index contributed by atoms with van der Waals surface area (Å²) in [6, 6.07) is 10.8. The number of benzene rings is 1. The molecule has 0 radical (unpaired) electrons. The molecule has 0 spiro atoms. The molecule has 0 fully saturated rings. The van der Waals surface area contributed by atoms with E-state index in [0.717, 1.165) is 13.0 Å². The average Bonchev–Trinajstić information content (AvgIpc) is 2.86. The largest absolute Gasteiger partial charge is 0.304 e. The van der Waals surface area contributed by atoms with Gasteiger partial charge in [0.25, 0.3) is 0 Å². The summed E-state index contributed by atoms with van der Waals surface area (Å²) in [5, 5.41) is 4.68. The van der Waals surface area contributed by atoms with Crippen molar-refractivity contribution in [1.29, 1.82) is 0 Å². The van der Waals surface area contributed by atoms with Crippen LogP contribution in [0.2, 0.25) is 0 Å². The zero-order valence-corrected chi connectivity index (χ0v) is 11.1. The number of aromatic nitrogens is 1. The van der Waals surface area contributed by atoms with Gasteiger partial charge in [-0.1, -0.05) is 37.3 Å². The van der Waals surface area contributed by atoms with E-state index in [2.05, 4.69) is 48.4 Å². The summed E-state index contributed by atoms with van der Waals surface area (Å²) in [4.78, 5) is 5.81. The van der Waals surface area contributed by atoms with E-state index < -0.39 is 0 Å². The van der Waals surface area contributed by atoms with Crippen molar-refractivity contribution in [2.45, 2.75) is 32.9 Å². The monoisotopic (exact) mass is 246 g/mol. The summed E-state index contributed by atoms with van der Waals surface area (Å²) < 4.78 is 0. The van der Waals surface area contributed by atoms with Crippen molar-refractivity contribution in [2.24, 2.45) is 0 Å². The van der Waals surface area contributed by atoms with Gasteiger partial charge in [-0.15, -0.1) is 11.3 Å². The Bertz CT molecular complexity index is 450. The summed E-state index contributed by atoms with van der Waals surface area (Å²) >= 11 is 1.80. The van der Waals surface area contributed by atoms with E-state index in [1.165, 1.54) is 15.4 Å². The van der Waals surface area contributed by atoms with Crippen LogP contribution in [-0.2, 0) is 13.0 Å². The molecule has 0 bridgehead atoms. The fourth-order valence-corrected chi connectivity index (χ4v) is 2.52. The molecule has 0 aliphatic heterocycles. The molecule has 3 heteroatoms. The van der Waals surface area contributed by atoms with Crippen molar-refractivity contribution in [3.05, 3.63) is 52.0 Å². The standard InChI is InChI=1S/C14H18N2S/c1-3-13-10-16-14(17-13)11(2)15-9-12-7-5-4-6-8-12/h4-8,10-11,15H,3,9H2,1-2H3. The van der Waals surface area contributed by atoms with Crippen LogP contribution in [0.25, 0.3) is 0 Å². The third-order valence-corrected chi connectivity index (χ3v) is 4.07. The van der Waals surface area contributed by atoms with Crippen LogP contribution in [-0.4, -0.2) is 4.98 Å². The first kappa shape index (κ1) is 12.3. The molecular formula is C14H18N2S. The van der Waals surface area contributed by atoms with Crippen LogP contribution in [0, 0.1) is 0 Å². The minimum absolute atomic E-state index is 0.320. The maximum absolute atomic E-state index is 4.46. The lowest BCUT2D eigenvalue weighted by atomic mass is 10.2. The van der Waals surface area contributed by atoms with Crippen LogP contribution in [0.15, 0.2) is 36.5 Å². The molecule has 0 aliphatic rings. The van der Waals surface area contributed by atoms with Gasteiger partial charge in [0, 0.05) is 17.6 Å². The average molecular weight is 246 g/mol. The van der Waals surface area contributed by atoms with E-state index in [-0.39, 0.29) is 0 Å². The van der Waals surface area contributed by atoms with Crippen molar-refractivity contribution in [2.75, 3.05) is 0 Å². The number of hydrogen-bond acceptors (Lipinski definition) is 3. The Morgan fingerprint density at radius 2 is 2.06 bits per heavy atom. The minimum Gasteiger partial charge on any atom is -0.304 e. The van der Waals surface area contributed by atoms with Crippen LogP contribution in [0.5, 0.6) is 0 Å². The lowest BCUT2D eigenvalue weighted by molar-refractivity contribution is 0.572. The van der Waals surface area contributed by atoms with Gasteiger partial charge in [0.05, 0.1) is 6.04 Å². The van der Waals surface area contributed by atoms with Gasteiger partial charge < -0.3 is 5.32 Å². The number of nitrogens with one attached hydrogen (secondary N) is 1. The van der Waals surface area contributed by atoms with Gasteiger partial charge >= 0.3 is 0 Å². The third-order valence-electron chi connectivity index (χ3n) is 2.75. The van der Waals surface area contributed by atoms with Gasteiger partial charge in [0.15, 0.2) is 0 Å². The topological polar surface area (TPSA) is 24.9 Å². The molecule has 0 amide bonds. The first-order valence-electron chi connectivity index (χ1n) is 6.01. The number of aryl methyl sites for hydroxylation is 1. The summed E-state index contributed by atoms with van der Waals surface area (Å²) in [5.41, 5.74) is 1.31. The Morgan fingerprint density at radius 1 is 1.29 bits per heavy atom. The lowest BCUT2D eigenvalue weighted by Crippen LogP contribution is -2.17. The smallest absolute Gasteiger partial charge is 0.109 e. The van der Waals surface area contributed by atoms with Crippen LogP contribution < -0.4 is 5.32 Å². The maximum atomic E-state index is 4.46. The second-order valence-electron chi connectivity index (χ2n) is 4.11. The van der Waals surface area contributed by atoms with E-state index in [4.69, 9.17) is 0 Å². The molecule has 1 unspecified atom stereocenters. The van der Waals surface area contributed by atoms with Gasteiger partial charge in [0.2, 0.25) is 0 Å². The van der Waals surface area contributed by atoms with Gasteiger partial charge in [-0.05, 0) is 18.9 Å². The second-order valence-corrected chi connectivity index (χ2v) is 5.25. The number of thiazole rings is 1. The molecule has 1 N–H and O–H groups in total. The predicted molar refractivity (Wildman–Crippen MR) is 73.2 cm³/mol. The molecule has 1 aromatic carbocycles. The highest BCUT2D eigenvalue weighted by molar-refractivity contribution is 7.11. The maximum Gasteiger partial charge on any atom is 0.109 e. The highest BCUT2D eigenvalue weighted by Crippen LogP contribution is 2.20. The van der Waals surface area contributed by atoms with E-state index in [0.29, 0.717) is 6.04 Å². The molecule has 1 heterocycles. The molecule has 1 atom stereocenters. The Balaban J connectivity index is 1.91. The molecule has 2 rings (SSSR count). The molecule has 90 valence electrons. The summed E-state index contributed by atoms with van der Waals surface area (Å²) in [5.74, 6) is 0. The second kappa shape index (κ2) is 5.94. The zero-order valence-electron chi connectivity index (χ0n) is 10.3. The van der Waals surface area contributed by atoms with Crippen molar-refractivity contribution < 1.29 is 0 Å². The summed E-state index contributed by atoms with van der Waals surface area (Å²) in [6.45, 7) is 5.23. The van der Waals surface area contributed by atoms with E-state index >= 15 is 0 Å². The first-order valence-corrected chi connectivity index (χ1v) is 6.83. The predicted octanol–water partition coefficient (Wildman–Crippen LogP) is 3.56. The molecule has 2 nitrogen and oxygen atoms in total.